The van der Waals surface area contributed by atoms with Crippen LogP contribution in [0.2, 0.25) is 0 Å². The maximum atomic E-state index is 11.9. The molecule has 2 rings (SSSR count). The highest BCUT2D eigenvalue weighted by atomic mass is 16.6. The van der Waals surface area contributed by atoms with Gasteiger partial charge in [-0.25, -0.2) is 4.79 Å². The lowest BCUT2D eigenvalue weighted by Gasteiger charge is -2.02. The van der Waals surface area contributed by atoms with Gasteiger partial charge in [0, 0.05) is 17.5 Å². The Morgan fingerprint density at radius 1 is 1.42 bits per heavy atom. The van der Waals surface area contributed by atoms with Crippen LogP contribution in [0.4, 0.5) is 10.5 Å². The van der Waals surface area contributed by atoms with Crippen LogP contribution in [0.3, 0.4) is 0 Å². The van der Waals surface area contributed by atoms with Gasteiger partial charge >= 0.3 is 6.09 Å². The summed E-state index contributed by atoms with van der Waals surface area (Å²) in [5.41, 5.74) is 7.86. The zero-order valence-electron chi connectivity index (χ0n) is 10.5. The largest absolute Gasteiger partial charge is 0.444 e. The molecule has 19 heavy (non-hydrogen) atoms. The summed E-state index contributed by atoms with van der Waals surface area (Å²) in [6, 6.07) is 5.32. The monoisotopic (exact) mass is 257 g/mol. The Bertz CT molecular complexity index is 643. The second-order valence-corrected chi connectivity index (χ2v) is 3.96. The fourth-order valence-corrected chi connectivity index (χ4v) is 1.88. The first-order valence-electron chi connectivity index (χ1n) is 5.84. The minimum absolute atomic E-state index is 0.138. The van der Waals surface area contributed by atoms with Gasteiger partial charge in [-0.15, -0.1) is 6.58 Å². The van der Waals surface area contributed by atoms with Gasteiger partial charge in [0.15, 0.2) is 0 Å². The van der Waals surface area contributed by atoms with Crippen molar-refractivity contribution in [1.82, 2.24) is 9.78 Å². The number of fused-ring (bicyclic) bond motifs is 1. The van der Waals surface area contributed by atoms with Crippen LogP contribution in [0.25, 0.3) is 10.9 Å². The summed E-state index contributed by atoms with van der Waals surface area (Å²) in [5.74, 6) is 0. The lowest BCUT2D eigenvalue weighted by atomic mass is 10.1. The number of nitrogen functional groups attached to an aromatic ring is 1. The Labute approximate surface area is 111 Å². The summed E-state index contributed by atoms with van der Waals surface area (Å²) in [7, 11) is 0. The van der Waals surface area contributed by atoms with Crippen molar-refractivity contribution in [2.45, 2.75) is 6.42 Å². The zero-order valence-corrected chi connectivity index (χ0v) is 10.5. The van der Waals surface area contributed by atoms with Crippen molar-refractivity contribution in [3.8, 4) is 0 Å². The van der Waals surface area contributed by atoms with Crippen molar-refractivity contribution in [3.05, 3.63) is 49.2 Å². The number of rotatable bonds is 4. The molecule has 0 aliphatic heterocycles. The van der Waals surface area contributed by atoms with Crippen molar-refractivity contribution in [1.29, 1.82) is 0 Å². The Hall–Kier alpha value is -2.56. The third-order valence-electron chi connectivity index (χ3n) is 2.65. The molecular weight excluding hydrogens is 242 g/mol. The van der Waals surface area contributed by atoms with Gasteiger partial charge in [-0.2, -0.15) is 9.78 Å². The lowest BCUT2D eigenvalue weighted by molar-refractivity contribution is 0.157. The van der Waals surface area contributed by atoms with Crippen LogP contribution in [0, 0.1) is 0 Å². The average molecular weight is 257 g/mol. The molecule has 0 unspecified atom stereocenters. The van der Waals surface area contributed by atoms with Crippen molar-refractivity contribution >= 4 is 22.7 Å². The van der Waals surface area contributed by atoms with E-state index in [-0.39, 0.29) is 6.61 Å². The molecule has 0 aliphatic rings. The molecule has 0 aliphatic carbocycles. The van der Waals surface area contributed by atoms with E-state index in [2.05, 4.69) is 18.3 Å². The number of hydrogen-bond donors (Lipinski definition) is 1. The molecule has 1 heterocycles. The topological polar surface area (TPSA) is 70.1 Å². The number of aromatic nitrogens is 2. The van der Waals surface area contributed by atoms with E-state index in [1.165, 1.54) is 10.8 Å². The van der Waals surface area contributed by atoms with Crippen molar-refractivity contribution in [3.63, 3.8) is 0 Å². The van der Waals surface area contributed by atoms with Crippen LogP contribution in [0.5, 0.6) is 0 Å². The van der Waals surface area contributed by atoms with E-state index >= 15 is 0 Å². The second kappa shape index (κ2) is 5.39. The predicted molar refractivity (Wildman–Crippen MR) is 75.0 cm³/mol. The number of hydrogen-bond acceptors (Lipinski definition) is 4. The number of nitrogens with zero attached hydrogens (tertiary/aromatic N) is 2. The normalized spacial score (nSPS) is 10.3. The molecule has 2 N–H and O–H groups in total. The number of ether oxygens (including phenoxy) is 1. The van der Waals surface area contributed by atoms with Crippen LogP contribution < -0.4 is 5.73 Å². The molecule has 5 heteroatoms. The number of allylic oxidation sites excluding steroid dienone is 1. The summed E-state index contributed by atoms with van der Waals surface area (Å²) < 4.78 is 6.21. The molecule has 0 amide bonds. The molecule has 1 aromatic carbocycles. The number of carbonyl (C=O) groups is 1. The van der Waals surface area contributed by atoms with E-state index < -0.39 is 6.09 Å². The maximum Gasteiger partial charge on any atom is 0.435 e. The highest BCUT2D eigenvalue weighted by Gasteiger charge is 2.17. The van der Waals surface area contributed by atoms with Crippen LogP contribution in [0.15, 0.2) is 43.5 Å². The molecule has 0 bridgehead atoms. The van der Waals surface area contributed by atoms with E-state index in [0.717, 1.165) is 5.39 Å². The van der Waals surface area contributed by atoms with Gasteiger partial charge in [0.2, 0.25) is 0 Å². The van der Waals surface area contributed by atoms with Crippen LogP contribution in [-0.4, -0.2) is 22.5 Å². The minimum Gasteiger partial charge on any atom is -0.444 e. The van der Waals surface area contributed by atoms with E-state index in [0.29, 0.717) is 23.3 Å². The van der Waals surface area contributed by atoms with Crippen LogP contribution >= 0.6 is 0 Å². The summed E-state index contributed by atoms with van der Waals surface area (Å²) in [5, 5.41) is 5.01. The highest BCUT2D eigenvalue weighted by Crippen LogP contribution is 2.25. The Balaban J connectivity index is 2.55. The fourth-order valence-electron chi connectivity index (χ4n) is 1.88. The van der Waals surface area contributed by atoms with E-state index in [4.69, 9.17) is 10.5 Å². The van der Waals surface area contributed by atoms with Crippen molar-refractivity contribution in [2.75, 3.05) is 12.3 Å². The molecule has 0 spiro atoms. The van der Waals surface area contributed by atoms with Gasteiger partial charge in [0.25, 0.3) is 0 Å². The molecule has 0 radical (unpaired) electrons. The Morgan fingerprint density at radius 3 is 2.89 bits per heavy atom. The third kappa shape index (κ3) is 2.35. The minimum atomic E-state index is -0.550. The number of carbonyl (C=O) groups excluding carboxylic acids is 1. The highest BCUT2D eigenvalue weighted by molar-refractivity contribution is 5.97. The first kappa shape index (κ1) is 12.9. The second-order valence-electron chi connectivity index (χ2n) is 3.96. The van der Waals surface area contributed by atoms with Gasteiger partial charge in [0.1, 0.15) is 6.61 Å². The van der Waals surface area contributed by atoms with Gasteiger partial charge in [-0.05, 0) is 12.1 Å². The molecule has 98 valence electrons. The first-order chi connectivity index (χ1) is 9.19. The maximum absolute atomic E-state index is 11.9. The standard InChI is InChI=1S/C14H15N3O2/c1-3-6-11-13-10(15)7-5-8-12(13)17(16-11)14(18)19-9-4-2/h3-5,7-8H,1-2,6,9,15H2. The molecule has 5 nitrogen and oxygen atoms in total. The molecule has 0 saturated carbocycles. The van der Waals surface area contributed by atoms with Crippen LogP contribution in [0.1, 0.15) is 5.69 Å². The molecule has 0 fully saturated rings. The van der Waals surface area contributed by atoms with E-state index in [1.54, 1.807) is 24.3 Å². The molecule has 0 saturated heterocycles. The molecule has 0 atom stereocenters. The number of nitrogens with two attached hydrogens (primary N) is 1. The SMILES string of the molecule is C=CCOC(=O)n1nc(CC=C)c2c(N)cccc21. The van der Waals surface area contributed by atoms with Crippen LogP contribution in [-0.2, 0) is 11.2 Å². The zero-order chi connectivity index (χ0) is 13.8. The summed E-state index contributed by atoms with van der Waals surface area (Å²) in [4.78, 5) is 11.9. The third-order valence-corrected chi connectivity index (χ3v) is 2.65. The van der Waals surface area contributed by atoms with Gasteiger partial charge in [-0.1, -0.05) is 24.8 Å². The van der Waals surface area contributed by atoms with E-state index in [1.807, 2.05) is 0 Å². The van der Waals surface area contributed by atoms with Crippen molar-refractivity contribution < 1.29 is 9.53 Å². The number of anilines is 1. The molecule has 1 aromatic heterocycles. The Morgan fingerprint density at radius 2 is 2.21 bits per heavy atom. The quantitative estimate of drug-likeness (QED) is 0.675. The summed E-state index contributed by atoms with van der Waals surface area (Å²) in [6.45, 7) is 7.31. The average Bonchev–Trinajstić information content (AvgIpc) is 2.77. The predicted octanol–water partition coefficient (Wildman–Crippen LogP) is 2.52. The molecular formula is C14H15N3O2. The lowest BCUT2D eigenvalue weighted by Crippen LogP contribution is -2.15. The van der Waals surface area contributed by atoms with Crippen molar-refractivity contribution in [2.24, 2.45) is 0 Å². The Kier molecular flexibility index (Phi) is 3.66. The number of benzene rings is 1. The van der Waals surface area contributed by atoms with Gasteiger partial charge in [-0.3, -0.25) is 0 Å². The summed E-state index contributed by atoms with van der Waals surface area (Å²) >= 11 is 0. The fraction of sp³-hybridized carbons (Fsp3) is 0.143. The summed E-state index contributed by atoms with van der Waals surface area (Å²) in [6.07, 6.45) is 3.20. The smallest absolute Gasteiger partial charge is 0.435 e. The van der Waals surface area contributed by atoms with E-state index in [9.17, 15) is 4.79 Å². The van der Waals surface area contributed by atoms with Gasteiger partial charge < -0.3 is 10.5 Å². The molecule has 2 aromatic rings. The van der Waals surface area contributed by atoms with Gasteiger partial charge in [0.05, 0.1) is 11.2 Å². The first-order valence-corrected chi connectivity index (χ1v) is 5.84.